The average molecular weight is 661 g/mol. The van der Waals surface area contributed by atoms with Crippen LogP contribution in [0.15, 0.2) is 70.7 Å². The maximum Gasteiger partial charge on any atom is 0.335 e. The quantitative estimate of drug-likeness (QED) is 0.191. The Kier molecular flexibility index (Phi) is 8.10. The Balaban J connectivity index is 1.65. The normalized spacial score (nSPS) is 14.7. The third-order valence-corrected chi connectivity index (χ3v) is 6.66. The molecule has 7 nitrogen and oxygen atoms in total. The summed E-state index contributed by atoms with van der Waals surface area (Å²) in [5.41, 5.74) is 2.94. The number of anilines is 1. The molecule has 0 aliphatic carbocycles. The van der Waals surface area contributed by atoms with Gasteiger partial charge in [0.15, 0.2) is 11.5 Å². The van der Waals surface area contributed by atoms with Gasteiger partial charge in [-0.1, -0.05) is 45.8 Å². The van der Waals surface area contributed by atoms with Gasteiger partial charge in [-0.3, -0.25) is 14.9 Å². The van der Waals surface area contributed by atoms with Crippen molar-refractivity contribution in [2.75, 3.05) is 11.5 Å². The Hall–Kier alpha value is -3.18. The number of carbonyl (C=O) groups is 3. The molecular weight excluding hydrogens is 639 g/mol. The van der Waals surface area contributed by atoms with Crippen molar-refractivity contribution in [3.05, 3.63) is 91.0 Å². The van der Waals surface area contributed by atoms with E-state index in [1.165, 1.54) is 11.6 Å². The van der Waals surface area contributed by atoms with Gasteiger partial charge < -0.3 is 9.47 Å². The van der Waals surface area contributed by atoms with Gasteiger partial charge in [-0.05, 0) is 90.0 Å². The molecule has 1 N–H and O–H groups in total. The van der Waals surface area contributed by atoms with Crippen molar-refractivity contribution in [3.8, 4) is 11.5 Å². The molecule has 0 saturated carbocycles. The fourth-order valence-corrected chi connectivity index (χ4v) is 4.61. The van der Waals surface area contributed by atoms with E-state index in [4.69, 9.17) is 9.47 Å². The molecule has 9 heteroatoms. The third kappa shape index (κ3) is 5.79. The summed E-state index contributed by atoms with van der Waals surface area (Å²) in [6, 6.07) is 17.4. The first-order chi connectivity index (χ1) is 17.3. The molecule has 1 fully saturated rings. The van der Waals surface area contributed by atoms with Crippen LogP contribution in [0.3, 0.4) is 0 Å². The Morgan fingerprint density at radius 1 is 1.00 bits per heavy atom. The van der Waals surface area contributed by atoms with Crippen LogP contribution in [-0.4, -0.2) is 24.5 Å². The zero-order chi connectivity index (χ0) is 25.8. The van der Waals surface area contributed by atoms with E-state index in [9.17, 15) is 14.4 Å². The highest BCUT2D eigenvalue weighted by Gasteiger charge is 2.36. The number of urea groups is 1. The Bertz CT molecular complexity index is 1350. The number of hydrogen-bond donors (Lipinski definition) is 1. The molecule has 1 saturated heterocycles. The van der Waals surface area contributed by atoms with E-state index in [2.05, 4.69) is 43.8 Å². The number of benzene rings is 3. The molecule has 3 aromatic carbocycles. The fraction of sp³-hybridized carbons (Fsp3) is 0.148. The molecule has 0 bridgehead atoms. The molecule has 0 aromatic heterocycles. The molecule has 1 aliphatic rings. The molecule has 1 heterocycles. The van der Waals surface area contributed by atoms with E-state index in [-0.39, 0.29) is 5.57 Å². The number of imide groups is 2. The SMILES string of the molecule is CCOc1cc(/C=C2\C(=O)NC(=O)N(c3ccc(Br)cc3)C2=O)cc(I)c1OCc1ccc(C)cc1. The van der Waals surface area contributed by atoms with E-state index in [0.29, 0.717) is 36.0 Å². The summed E-state index contributed by atoms with van der Waals surface area (Å²) in [6.07, 6.45) is 1.45. The van der Waals surface area contributed by atoms with Crippen molar-refractivity contribution in [1.82, 2.24) is 5.32 Å². The minimum atomic E-state index is -0.797. The van der Waals surface area contributed by atoms with Crippen molar-refractivity contribution in [2.45, 2.75) is 20.5 Å². The van der Waals surface area contributed by atoms with Crippen LogP contribution in [0.4, 0.5) is 10.5 Å². The Morgan fingerprint density at radius 2 is 1.69 bits per heavy atom. The highest BCUT2D eigenvalue weighted by molar-refractivity contribution is 14.1. The molecule has 0 atom stereocenters. The van der Waals surface area contributed by atoms with Gasteiger partial charge in [0.1, 0.15) is 12.2 Å². The van der Waals surface area contributed by atoms with Crippen molar-refractivity contribution >= 4 is 68.1 Å². The molecule has 0 radical (unpaired) electrons. The molecule has 0 unspecified atom stereocenters. The first-order valence-corrected chi connectivity index (χ1v) is 13.0. The van der Waals surface area contributed by atoms with E-state index in [0.717, 1.165) is 18.5 Å². The molecule has 36 heavy (non-hydrogen) atoms. The van der Waals surface area contributed by atoms with Crippen LogP contribution < -0.4 is 19.7 Å². The summed E-state index contributed by atoms with van der Waals surface area (Å²) >= 11 is 5.47. The van der Waals surface area contributed by atoms with Gasteiger partial charge in [-0.2, -0.15) is 0 Å². The Morgan fingerprint density at radius 3 is 2.36 bits per heavy atom. The van der Waals surface area contributed by atoms with Gasteiger partial charge in [0.2, 0.25) is 0 Å². The fourth-order valence-electron chi connectivity index (χ4n) is 3.56. The number of halogens is 2. The standard InChI is InChI=1S/C27H22BrIN2O5/c1-3-35-23-14-18(13-22(29)24(23)36-15-17-6-4-16(2)5-7-17)12-21-25(32)30-27(34)31(26(21)33)20-10-8-19(28)9-11-20/h4-14H,3,15H2,1-2H3,(H,30,32,34)/b21-12+. The second kappa shape index (κ2) is 11.3. The third-order valence-electron chi connectivity index (χ3n) is 5.33. The van der Waals surface area contributed by atoms with Crippen LogP contribution in [0, 0.1) is 10.5 Å². The smallest absolute Gasteiger partial charge is 0.335 e. The van der Waals surface area contributed by atoms with Gasteiger partial charge in [0.25, 0.3) is 11.8 Å². The number of carbonyl (C=O) groups excluding carboxylic acids is 3. The van der Waals surface area contributed by atoms with Crippen molar-refractivity contribution in [2.24, 2.45) is 0 Å². The largest absolute Gasteiger partial charge is 0.490 e. The van der Waals surface area contributed by atoms with Gasteiger partial charge >= 0.3 is 6.03 Å². The van der Waals surface area contributed by atoms with Crippen molar-refractivity contribution in [1.29, 1.82) is 0 Å². The first-order valence-electron chi connectivity index (χ1n) is 11.1. The minimum absolute atomic E-state index is 0.163. The summed E-state index contributed by atoms with van der Waals surface area (Å²) in [5, 5.41) is 2.24. The average Bonchev–Trinajstić information content (AvgIpc) is 2.83. The van der Waals surface area contributed by atoms with Gasteiger partial charge in [0, 0.05) is 4.47 Å². The molecule has 4 amide bonds. The molecule has 4 rings (SSSR count). The topological polar surface area (TPSA) is 84.9 Å². The molecule has 184 valence electrons. The highest BCUT2D eigenvalue weighted by Crippen LogP contribution is 2.36. The molecule has 3 aromatic rings. The first kappa shape index (κ1) is 25.9. The molecule has 1 aliphatic heterocycles. The lowest BCUT2D eigenvalue weighted by Crippen LogP contribution is -2.54. The number of rotatable bonds is 7. The predicted octanol–water partition coefficient (Wildman–Crippen LogP) is 6.01. The predicted molar refractivity (Wildman–Crippen MR) is 149 cm³/mol. The number of nitrogens with one attached hydrogen (secondary N) is 1. The van der Waals surface area contributed by atoms with Gasteiger partial charge in [-0.15, -0.1) is 0 Å². The monoisotopic (exact) mass is 660 g/mol. The number of aryl methyl sites for hydroxylation is 1. The zero-order valence-corrected chi connectivity index (χ0v) is 23.3. The second-order valence-corrected chi connectivity index (χ2v) is 10.0. The lowest BCUT2D eigenvalue weighted by molar-refractivity contribution is -0.122. The summed E-state index contributed by atoms with van der Waals surface area (Å²) in [7, 11) is 0. The van der Waals surface area contributed by atoms with E-state index in [1.54, 1.807) is 36.4 Å². The maximum absolute atomic E-state index is 13.2. The number of ether oxygens (including phenoxy) is 2. The van der Waals surface area contributed by atoms with E-state index in [1.807, 2.05) is 38.1 Å². The summed E-state index contributed by atoms with van der Waals surface area (Å²) in [4.78, 5) is 39.1. The lowest BCUT2D eigenvalue weighted by atomic mass is 10.1. The number of barbiturate groups is 1. The second-order valence-electron chi connectivity index (χ2n) is 7.97. The van der Waals surface area contributed by atoms with Crippen LogP contribution in [-0.2, 0) is 16.2 Å². The summed E-state index contributed by atoms with van der Waals surface area (Å²) in [5.74, 6) is -0.399. The number of hydrogen-bond acceptors (Lipinski definition) is 5. The number of amides is 4. The number of nitrogens with zero attached hydrogens (tertiary/aromatic N) is 1. The van der Waals surface area contributed by atoms with E-state index >= 15 is 0 Å². The molecule has 0 spiro atoms. The van der Waals surface area contributed by atoms with Gasteiger partial charge in [-0.25, -0.2) is 9.69 Å². The lowest BCUT2D eigenvalue weighted by Gasteiger charge is -2.26. The van der Waals surface area contributed by atoms with Crippen LogP contribution in [0.2, 0.25) is 0 Å². The Labute approximate surface area is 230 Å². The highest BCUT2D eigenvalue weighted by atomic mass is 127. The van der Waals surface area contributed by atoms with Crippen molar-refractivity contribution in [3.63, 3.8) is 0 Å². The molecular formula is C27H22BrIN2O5. The van der Waals surface area contributed by atoms with Crippen LogP contribution in [0.25, 0.3) is 6.08 Å². The summed E-state index contributed by atoms with van der Waals surface area (Å²) in [6.45, 7) is 4.66. The van der Waals surface area contributed by atoms with E-state index < -0.39 is 17.8 Å². The van der Waals surface area contributed by atoms with Crippen LogP contribution >= 0.6 is 38.5 Å². The van der Waals surface area contributed by atoms with Gasteiger partial charge in [0.05, 0.1) is 15.9 Å². The maximum atomic E-state index is 13.2. The zero-order valence-electron chi connectivity index (χ0n) is 19.5. The minimum Gasteiger partial charge on any atom is -0.490 e. The van der Waals surface area contributed by atoms with Crippen LogP contribution in [0.1, 0.15) is 23.6 Å². The summed E-state index contributed by atoms with van der Waals surface area (Å²) < 4.78 is 13.4. The van der Waals surface area contributed by atoms with Crippen molar-refractivity contribution < 1.29 is 23.9 Å². The van der Waals surface area contributed by atoms with Crippen LogP contribution in [0.5, 0.6) is 11.5 Å².